The first-order valence-corrected chi connectivity index (χ1v) is 11.2. The summed E-state index contributed by atoms with van der Waals surface area (Å²) in [6.07, 6.45) is 0. The van der Waals surface area contributed by atoms with E-state index < -0.39 is 0 Å². The summed E-state index contributed by atoms with van der Waals surface area (Å²) in [6.45, 7) is 3.04. The minimum Gasteiger partial charge on any atom is -0.340 e. The third-order valence-corrected chi connectivity index (χ3v) is 6.24. The van der Waals surface area contributed by atoms with E-state index in [-0.39, 0.29) is 5.78 Å². The maximum Gasteiger partial charge on any atom is 0.193 e. The molecule has 0 amide bonds. The van der Waals surface area contributed by atoms with E-state index in [2.05, 4.69) is 82.6 Å². The van der Waals surface area contributed by atoms with Crippen LogP contribution in [0.5, 0.6) is 0 Å². The SMILES string of the molecule is CCn1c2ccc(C(=O)c3ccccc3)cc2c2cc(I)cc(-c3ccccc3)c21. The average molecular weight is 501 g/mol. The highest BCUT2D eigenvalue weighted by Crippen LogP contribution is 2.38. The minimum absolute atomic E-state index is 0.0591. The van der Waals surface area contributed by atoms with Crippen molar-refractivity contribution in [3.05, 3.63) is 106 Å². The van der Waals surface area contributed by atoms with Crippen molar-refractivity contribution in [3.8, 4) is 11.1 Å². The van der Waals surface area contributed by atoms with Gasteiger partial charge >= 0.3 is 0 Å². The topological polar surface area (TPSA) is 22.0 Å². The predicted molar refractivity (Wildman–Crippen MR) is 133 cm³/mol. The number of hydrogen-bond acceptors (Lipinski definition) is 1. The molecule has 0 unspecified atom stereocenters. The van der Waals surface area contributed by atoms with Crippen LogP contribution < -0.4 is 0 Å². The molecule has 3 heteroatoms. The highest BCUT2D eigenvalue weighted by molar-refractivity contribution is 14.1. The van der Waals surface area contributed by atoms with E-state index in [1.807, 2.05) is 42.5 Å². The van der Waals surface area contributed by atoms with Gasteiger partial charge in [0.2, 0.25) is 0 Å². The molecule has 30 heavy (non-hydrogen) atoms. The lowest BCUT2D eigenvalue weighted by atomic mass is 9.99. The van der Waals surface area contributed by atoms with Crippen molar-refractivity contribution in [3.63, 3.8) is 0 Å². The van der Waals surface area contributed by atoms with Gasteiger partial charge in [0.15, 0.2) is 5.78 Å². The molecule has 0 aliphatic heterocycles. The van der Waals surface area contributed by atoms with Crippen molar-refractivity contribution >= 4 is 50.2 Å². The zero-order chi connectivity index (χ0) is 20.7. The largest absolute Gasteiger partial charge is 0.340 e. The van der Waals surface area contributed by atoms with Crippen LogP contribution in [0.3, 0.4) is 0 Å². The number of nitrogens with zero attached hydrogens (tertiary/aromatic N) is 1. The van der Waals surface area contributed by atoms with E-state index >= 15 is 0 Å². The Morgan fingerprint density at radius 1 is 0.800 bits per heavy atom. The Morgan fingerprint density at radius 2 is 1.50 bits per heavy atom. The van der Waals surface area contributed by atoms with Gasteiger partial charge in [0.25, 0.3) is 0 Å². The number of hydrogen-bond donors (Lipinski definition) is 0. The molecule has 0 saturated heterocycles. The van der Waals surface area contributed by atoms with Gasteiger partial charge in [-0.2, -0.15) is 0 Å². The summed E-state index contributed by atoms with van der Waals surface area (Å²) in [5.41, 5.74) is 6.27. The van der Waals surface area contributed by atoms with Gasteiger partial charge in [0.1, 0.15) is 0 Å². The van der Waals surface area contributed by atoms with Crippen molar-refractivity contribution in [2.24, 2.45) is 0 Å². The zero-order valence-corrected chi connectivity index (χ0v) is 18.8. The molecular formula is C27H20INO. The van der Waals surface area contributed by atoms with Crippen molar-refractivity contribution in [1.29, 1.82) is 0 Å². The van der Waals surface area contributed by atoms with Gasteiger partial charge in [-0.05, 0) is 65.4 Å². The first-order valence-electron chi connectivity index (χ1n) is 10.1. The van der Waals surface area contributed by atoms with Crippen LogP contribution in [0.4, 0.5) is 0 Å². The highest BCUT2D eigenvalue weighted by atomic mass is 127. The number of rotatable bonds is 4. The molecule has 0 aliphatic rings. The van der Waals surface area contributed by atoms with Crippen LogP contribution in [0.15, 0.2) is 91.0 Å². The molecule has 4 aromatic carbocycles. The zero-order valence-electron chi connectivity index (χ0n) is 16.6. The molecule has 1 aromatic heterocycles. The minimum atomic E-state index is 0.0591. The lowest BCUT2D eigenvalue weighted by Crippen LogP contribution is -2.01. The Morgan fingerprint density at radius 3 is 2.20 bits per heavy atom. The number of benzene rings is 4. The predicted octanol–water partition coefficient (Wildman–Crippen LogP) is 7.32. The summed E-state index contributed by atoms with van der Waals surface area (Å²) in [7, 11) is 0. The number of aryl methyl sites for hydroxylation is 1. The maximum atomic E-state index is 13.0. The molecule has 0 N–H and O–H groups in total. The van der Waals surface area contributed by atoms with E-state index in [0.29, 0.717) is 0 Å². The lowest BCUT2D eigenvalue weighted by Gasteiger charge is -2.10. The molecule has 0 atom stereocenters. The highest BCUT2D eigenvalue weighted by Gasteiger charge is 2.17. The summed E-state index contributed by atoms with van der Waals surface area (Å²) >= 11 is 2.39. The van der Waals surface area contributed by atoms with Crippen molar-refractivity contribution in [1.82, 2.24) is 4.57 Å². The van der Waals surface area contributed by atoms with Crippen molar-refractivity contribution in [2.75, 3.05) is 0 Å². The monoisotopic (exact) mass is 501 g/mol. The quantitative estimate of drug-likeness (QED) is 0.187. The fourth-order valence-electron chi connectivity index (χ4n) is 4.27. The first-order chi connectivity index (χ1) is 14.7. The van der Waals surface area contributed by atoms with Gasteiger partial charge in [-0.15, -0.1) is 0 Å². The van der Waals surface area contributed by atoms with Gasteiger partial charge in [0.05, 0.1) is 5.52 Å². The molecule has 146 valence electrons. The number of fused-ring (bicyclic) bond motifs is 3. The van der Waals surface area contributed by atoms with Crippen LogP contribution >= 0.6 is 22.6 Å². The van der Waals surface area contributed by atoms with Gasteiger partial charge < -0.3 is 4.57 Å². The summed E-state index contributed by atoms with van der Waals surface area (Å²) in [4.78, 5) is 13.0. The molecule has 0 spiro atoms. The Bertz CT molecular complexity index is 1380. The summed E-state index contributed by atoms with van der Waals surface area (Å²) in [5.74, 6) is 0.0591. The third kappa shape index (κ3) is 3.14. The van der Waals surface area contributed by atoms with Crippen molar-refractivity contribution < 1.29 is 4.79 Å². The van der Waals surface area contributed by atoms with Gasteiger partial charge in [-0.1, -0.05) is 60.7 Å². The van der Waals surface area contributed by atoms with Gasteiger partial charge in [-0.3, -0.25) is 4.79 Å². The summed E-state index contributed by atoms with van der Waals surface area (Å²) < 4.78 is 3.55. The fraction of sp³-hybridized carbons (Fsp3) is 0.0741. The lowest BCUT2D eigenvalue weighted by molar-refractivity contribution is 0.103. The van der Waals surface area contributed by atoms with Crippen LogP contribution in [0.2, 0.25) is 0 Å². The molecule has 5 aromatic rings. The normalized spacial score (nSPS) is 11.3. The Balaban J connectivity index is 1.80. The Kier molecular flexibility index (Phi) is 4.91. The maximum absolute atomic E-state index is 13.0. The number of ketones is 1. The van der Waals surface area contributed by atoms with Crippen LogP contribution in [0.1, 0.15) is 22.8 Å². The molecule has 0 bridgehead atoms. The molecule has 0 radical (unpaired) electrons. The van der Waals surface area contributed by atoms with E-state index in [9.17, 15) is 4.79 Å². The molecule has 0 fully saturated rings. The standard InChI is InChI=1S/C27H20INO/c1-2-29-25-14-13-20(27(30)19-11-7-4-8-12-19)15-23(25)24-17-21(28)16-22(26(24)29)18-9-5-3-6-10-18/h3-17H,2H2,1H3. The molecule has 0 aliphatic carbocycles. The molecular weight excluding hydrogens is 481 g/mol. The summed E-state index contributed by atoms with van der Waals surface area (Å²) in [5, 5.41) is 2.32. The molecule has 5 rings (SSSR count). The number of halogens is 1. The number of carbonyl (C=O) groups excluding carboxylic acids is 1. The first kappa shape index (κ1) is 19.1. The third-order valence-electron chi connectivity index (χ3n) is 5.62. The summed E-state index contributed by atoms with van der Waals surface area (Å²) in [6, 6.07) is 30.6. The van der Waals surface area contributed by atoms with E-state index in [1.54, 1.807) is 0 Å². The smallest absolute Gasteiger partial charge is 0.193 e. The van der Waals surface area contributed by atoms with Crippen LogP contribution in [0, 0.1) is 3.57 Å². The Labute approximate surface area is 189 Å². The second-order valence-electron chi connectivity index (χ2n) is 7.39. The second kappa shape index (κ2) is 7.73. The number of carbonyl (C=O) groups is 1. The van der Waals surface area contributed by atoms with Crippen LogP contribution in [0.25, 0.3) is 32.9 Å². The van der Waals surface area contributed by atoms with E-state index in [0.717, 1.165) is 28.6 Å². The average Bonchev–Trinajstić information content (AvgIpc) is 3.12. The van der Waals surface area contributed by atoms with Crippen LogP contribution in [-0.2, 0) is 6.54 Å². The van der Waals surface area contributed by atoms with Crippen LogP contribution in [-0.4, -0.2) is 10.4 Å². The van der Waals surface area contributed by atoms with Gasteiger partial charge in [0, 0.05) is 43.1 Å². The van der Waals surface area contributed by atoms with E-state index in [4.69, 9.17) is 0 Å². The molecule has 1 heterocycles. The Hall–Kier alpha value is -2.92. The van der Waals surface area contributed by atoms with Crippen molar-refractivity contribution in [2.45, 2.75) is 13.5 Å². The van der Waals surface area contributed by atoms with Gasteiger partial charge in [-0.25, -0.2) is 0 Å². The fourth-order valence-corrected chi connectivity index (χ4v) is 4.89. The number of aromatic nitrogens is 1. The molecule has 0 saturated carbocycles. The second-order valence-corrected chi connectivity index (χ2v) is 8.63. The van der Waals surface area contributed by atoms with E-state index in [1.165, 1.54) is 25.6 Å². The molecule has 2 nitrogen and oxygen atoms in total.